The number of rotatable bonds is 4. The Kier molecular flexibility index (Phi) is 7.17. The van der Waals surface area contributed by atoms with Crippen LogP contribution in [-0.4, -0.2) is 109 Å². The van der Waals surface area contributed by atoms with Gasteiger partial charge in [-0.25, -0.2) is 0 Å². The monoisotopic (exact) mass is 506 g/mol. The highest BCUT2D eigenvalue weighted by Crippen LogP contribution is 2.39. The fourth-order valence-electron chi connectivity index (χ4n) is 5.51. The fourth-order valence-corrected chi connectivity index (χ4v) is 5.51. The lowest BCUT2D eigenvalue weighted by Crippen LogP contribution is -2.61. The topological polar surface area (TPSA) is 82.6 Å². The van der Waals surface area contributed by atoms with Crippen molar-refractivity contribution in [2.45, 2.75) is 24.6 Å². The molecule has 37 heavy (non-hydrogen) atoms. The van der Waals surface area contributed by atoms with Gasteiger partial charge in [-0.3, -0.25) is 19.3 Å². The lowest BCUT2D eigenvalue weighted by atomic mass is 9.96. The first-order valence-corrected chi connectivity index (χ1v) is 12.9. The number of carbonyl (C=O) groups is 3. The van der Waals surface area contributed by atoms with Gasteiger partial charge < -0.3 is 24.2 Å². The van der Waals surface area contributed by atoms with Gasteiger partial charge in [-0.2, -0.15) is 0 Å². The molecule has 0 saturated carbocycles. The van der Waals surface area contributed by atoms with Crippen molar-refractivity contribution in [1.29, 1.82) is 0 Å². The largest absolute Gasteiger partial charge is 0.497 e. The Labute approximate surface area is 217 Å². The minimum absolute atomic E-state index is 0.0656. The summed E-state index contributed by atoms with van der Waals surface area (Å²) in [6, 6.07) is 15.5. The van der Waals surface area contributed by atoms with Crippen LogP contribution in [0.3, 0.4) is 0 Å². The van der Waals surface area contributed by atoms with Crippen molar-refractivity contribution >= 4 is 17.7 Å². The number of likely N-dealkylation sites (N-methyl/N-ethyl adjacent to an activating group) is 1. The number of piperazine rings is 1. The van der Waals surface area contributed by atoms with Gasteiger partial charge in [0.1, 0.15) is 17.5 Å². The summed E-state index contributed by atoms with van der Waals surface area (Å²) in [5.74, 6) is 0.267. The zero-order chi connectivity index (χ0) is 26.0. The summed E-state index contributed by atoms with van der Waals surface area (Å²) in [5.41, 5.74) is 0.159. The van der Waals surface area contributed by atoms with E-state index in [0.717, 1.165) is 13.1 Å². The molecule has 1 unspecified atom stereocenters. The van der Waals surface area contributed by atoms with Crippen LogP contribution in [0.5, 0.6) is 5.75 Å². The van der Waals surface area contributed by atoms with Crippen molar-refractivity contribution in [3.63, 3.8) is 0 Å². The molecule has 0 N–H and O–H groups in total. The van der Waals surface area contributed by atoms with Crippen LogP contribution < -0.4 is 4.74 Å². The van der Waals surface area contributed by atoms with Crippen LogP contribution >= 0.6 is 0 Å². The highest BCUT2D eigenvalue weighted by Gasteiger charge is 2.55. The van der Waals surface area contributed by atoms with Crippen molar-refractivity contribution in [1.82, 2.24) is 19.6 Å². The molecule has 3 aliphatic heterocycles. The van der Waals surface area contributed by atoms with E-state index in [9.17, 15) is 14.4 Å². The molecule has 0 aromatic heterocycles. The Balaban J connectivity index is 1.37. The number of likely N-dealkylation sites (tertiary alicyclic amines) is 1. The second kappa shape index (κ2) is 10.5. The summed E-state index contributed by atoms with van der Waals surface area (Å²) in [6.07, 6.45) is 0.877. The van der Waals surface area contributed by atoms with E-state index >= 15 is 0 Å². The molecule has 5 rings (SSSR count). The summed E-state index contributed by atoms with van der Waals surface area (Å²) in [4.78, 5) is 48.2. The molecular weight excluding hydrogens is 472 g/mol. The number of ether oxygens (including phenoxy) is 2. The number of amides is 3. The molecule has 1 spiro atoms. The maximum absolute atomic E-state index is 13.9. The Hall–Kier alpha value is -3.43. The Morgan fingerprint density at radius 1 is 0.838 bits per heavy atom. The van der Waals surface area contributed by atoms with E-state index in [4.69, 9.17) is 9.47 Å². The van der Waals surface area contributed by atoms with E-state index in [-0.39, 0.29) is 24.3 Å². The molecular formula is C28H34N4O5. The molecule has 9 heteroatoms. The minimum atomic E-state index is -0.926. The van der Waals surface area contributed by atoms with E-state index in [1.54, 1.807) is 53.3 Å². The maximum Gasteiger partial charge on any atom is 0.256 e. The van der Waals surface area contributed by atoms with Gasteiger partial charge in [0, 0.05) is 63.2 Å². The van der Waals surface area contributed by atoms with Crippen LogP contribution in [-0.2, 0) is 9.53 Å². The average Bonchev–Trinajstić information content (AvgIpc) is 3.31. The molecule has 3 aliphatic rings. The van der Waals surface area contributed by atoms with Gasteiger partial charge in [-0.05, 0) is 37.4 Å². The van der Waals surface area contributed by atoms with Crippen LogP contribution in [0.15, 0.2) is 54.6 Å². The average molecular weight is 507 g/mol. The van der Waals surface area contributed by atoms with Gasteiger partial charge in [0.2, 0.25) is 5.91 Å². The van der Waals surface area contributed by atoms with Gasteiger partial charge in [-0.1, -0.05) is 24.3 Å². The number of methoxy groups -OCH3 is 1. The Morgan fingerprint density at radius 2 is 1.51 bits per heavy atom. The summed E-state index contributed by atoms with van der Waals surface area (Å²) in [7, 11) is 3.62. The first-order chi connectivity index (χ1) is 17.9. The molecule has 196 valence electrons. The zero-order valence-corrected chi connectivity index (χ0v) is 21.5. The van der Waals surface area contributed by atoms with E-state index in [2.05, 4.69) is 4.90 Å². The third-order valence-corrected chi connectivity index (χ3v) is 7.75. The molecule has 3 heterocycles. The molecule has 3 fully saturated rings. The van der Waals surface area contributed by atoms with Crippen LogP contribution in [0.1, 0.15) is 33.6 Å². The molecule has 1 atom stereocenters. The number of benzene rings is 2. The van der Waals surface area contributed by atoms with Gasteiger partial charge in [-0.15, -0.1) is 0 Å². The van der Waals surface area contributed by atoms with Crippen molar-refractivity contribution in [2.24, 2.45) is 0 Å². The summed E-state index contributed by atoms with van der Waals surface area (Å²) < 4.78 is 11.6. The van der Waals surface area contributed by atoms with Crippen molar-refractivity contribution in [3.05, 3.63) is 65.7 Å². The van der Waals surface area contributed by atoms with Gasteiger partial charge in [0.05, 0.1) is 13.7 Å². The standard InChI is InChI=1S/C28H34N4O5/c1-29-15-17-31(18-16-29)27(35)24-20-37-28(32(24)26(34)21-7-4-3-5-8-21)11-13-30(14-12-28)25(33)22-9-6-10-23(19-22)36-2/h3-10,19,24H,11-18,20H2,1-2H3. The number of nitrogens with zero attached hydrogens (tertiary/aromatic N) is 4. The summed E-state index contributed by atoms with van der Waals surface area (Å²) >= 11 is 0. The number of hydrogen-bond acceptors (Lipinski definition) is 6. The predicted molar refractivity (Wildman–Crippen MR) is 137 cm³/mol. The fraction of sp³-hybridized carbons (Fsp3) is 0.464. The number of hydrogen-bond donors (Lipinski definition) is 0. The normalized spacial score (nSPS) is 21.8. The maximum atomic E-state index is 13.9. The van der Waals surface area contributed by atoms with Gasteiger partial charge in [0.25, 0.3) is 11.8 Å². The molecule has 3 saturated heterocycles. The molecule has 3 amide bonds. The molecule has 9 nitrogen and oxygen atoms in total. The smallest absolute Gasteiger partial charge is 0.256 e. The molecule has 2 aromatic rings. The highest BCUT2D eigenvalue weighted by molar-refractivity contribution is 5.98. The third-order valence-electron chi connectivity index (χ3n) is 7.75. The Bertz CT molecular complexity index is 1140. The van der Waals surface area contributed by atoms with Crippen LogP contribution in [0.25, 0.3) is 0 Å². The van der Waals surface area contributed by atoms with Crippen molar-refractivity contribution in [3.8, 4) is 5.75 Å². The number of piperidine rings is 1. The van der Waals surface area contributed by atoms with Gasteiger partial charge >= 0.3 is 0 Å². The lowest BCUT2D eigenvalue weighted by Gasteiger charge is -2.45. The molecule has 0 aliphatic carbocycles. The third kappa shape index (κ3) is 4.93. The number of carbonyl (C=O) groups excluding carboxylic acids is 3. The molecule has 2 aromatic carbocycles. The van der Waals surface area contributed by atoms with Crippen LogP contribution in [0.4, 0.5) is 0 Å². The van der Waals surface area contributed by atoms with E-state index in [1.807, 2.05) is 30.1 Å². The van der Waals surface area contributed by atoms with Gasteiger partial charge in [0.15, 0.2) is 0 Å². The first kappa shape index (κ1) is 25.2. The molecule has 0 radical (unpaired) electrons. The minimum Gasteiger partial charge on any atom is -0.497 e. The second-order valence-electron chi connectivity index (χ2n) is 9.97. The second-order valence-corrected chi connectivity index (χ2v) is 9.97. The van der Waals surface area contributed by atoms with Crippen molar-refractivity contribution < 1.29 is 23.9 Å². The molecule has 0 bridgehead atoms. The van der Waals surface area contributed by atoms with E-state index < -0.39 is 11.8 Å². The first-order valence-electron chi connectivity index (χ1n) is 12.9. The van der Waals surface area contributed by atoms with Crippen molar-refractivity contribution in [2.75, 3.05) is 60.0 Å². The van der Waals surface area contributed by atoms with E-state index in [1.165, 1.54) is 0 Å². The van der Waals surface area contributed by atoms with E-state index in [0.29, 0.717) is 55.9 Å². The SMILES string of the molecule is COc1cccc(C(=O)N2CCC3(CC2)OCC(C(=O)N2CCN(C)CC2)N3C(=O)c2ccccc2)c1. The highest BCUT2D eigenvalue weighted by atomic mass is 16.5. The summed E-state index contributed by atoms with van der Waals surface area (Å²) in [6.45, 7) is 3.88. The predicted octanol–water partition coefficient (Wildman–Crippen LogP) is 1.94. The van der Waals surface area contributed by atoms with Crippen LogP contribution in [0.2, 0.25) is 0 Å². The Morgan fingerprint density at radius 3 is 2.19 bits per heavy atom. The summed E-state index contributed by atoms with van der Waals surface area (Å²) in [5, 5.41) is 0. The lowest BCUT2D eigenvalue weighted by molar-refractivity contribution is -0.139. The zero-order valence-electron chi connectivity index (χ0n) is 21.5. The quantitative estimate of drug-likeness (QED) is 0.631. The van der Waals surface area contributed by atoms with Crippen LogP contribution in [0, 0.1) is 0 Å².